The number of thiocarbonyl (C=S) groups is 1. The van der Waals surface area contributed by atoms with Crippen molar-refractivity contribution in [3.05, 3.63) is 65.4 Å². The van der Waals surface area contributed by atoms with Crippen LogP contribution in [0, 0.1) is 11.8 Å². The van der Waals surface area contributed by atoms with Gasteiger partial charge in [-0.1, -0.05) is 54.7 Å². The van der Waals surface area contributed by atoms with E-state index in [4.69, 9.17) is 17.0 Å². The molecule has 1 aliphatic carbocycles. The van der Waals surface area contributed by atoms with E-state index >= 15 is 0 Å². The minimum atomic E-state index is 0.507. The van der Waals surface area contributed by atoms with Crippen LogP contribution in [-0.2, 0) is 13.0 Å². The second-order valence-corrected chi connectivity index (χ2v) is 9.01. The fourth-order valence-corrected chi connectivity index (χ4v) is 5.55. The molecular formula is C25H28N2OS. The monoisotopic (exact) mass is 404 g/mol. The Hall–Kier alpha value is -2.17. The first-order chi connectivity index (χ1) is 14.2. The number of aromatic nitrogens is 1. The fourth-order valence-electron chi connectivity index (χ4n) is 5.20. The molecule has 150 valence electrons. The van der Waals surface area contributed by atoms with Gasteiger partial charge in [0.05, 0.1) is 18.3 Å². The average Bonchev–Trinajstić information content (AvgIpc) is 3.27. The lowest BCUT2D eigenvalue weighted by Gasteiger charge is -2.33. The van der Waals surface area contributed by atoms with Crippen molar-refractivity contribution in [2.45, 2.75) is 32.2 Å². The lowest BCUT2D eigenvalue weighted by Crippen LogP contribution is -2.34. The van der Waals surface area contributed by atoms with E-state index in [0.29, 0.717) is 5.92 Å². The van der Waals surface area contributed by atoms with Gasteiger partial charge in [0.15, 0.2) is 0 Å². The highest BCUT2D eigenvalue weighted by atomic mass is 32.1. The average molecular weight is 405 g/mol. The molecule has 0 radical (unpaired) electrons. The smallest absolute Gasteiger partial charge is 0.142 e. The maximum absolute atomic E-state index is 5.91. The predicted molar refractivity (Wildman–Crippen MR) is 123 cm³/mol. The number of aromatic amines is 1. The molecule has 5 rings (SSSR count). The zero-order chi connectivity index (χ0) is 19.8. The summed E-state index contributed by atoms with van der Waals surface area (Å²) in [5.74, 6) is 2.20. The van der Waals surface area contributed by atoms with Gasteiger partial charge in [-0.25, -0.2) is 0 Å². The number of benzene rings is 2. The third kappa shape index (κ3) is 3.60. The Bertz CT molecular complexity index is 1020. The first-order valence-corrected chi connectivity index (χ1v) is 11.1. The summed E-state index contributed by atoms with van der Waals surface area (Å²) in [5.41, 5.74) is 5.10. The molecule has 4 heteroatoms. The zero-order valence-corrected chi connectivity index (χ0v) is 17.8. The summed E-state index contributed by atoms with van der Waals surface area (Å²) in [6.07, 6.45) is 4.88. The van der Waals surface area contributed by atoms with Crippen LogP contribution in [-0.4, -0.2) is 34.9 Å². The largest absolute Gasteiger partial charge is 0.495 e. The molecule has 3 aromatic rings. The Labute approximate surface area is 178 Å². The number of ether oxygens (including phenoxy) is 1. The van der Waals surface area contributed by atoms with Gasteiger partial charge in [-0.2, -0.15) is 0 Å². The molecule has 1 fully saturated rings. The minimum Gasteiger partial charge on any atom is -0.495 e. The molecule has 0 bridgehead atoms. The van der Waals surface area contributed by atoms with Crippen LogP contribution in [0.5, 0.6) is 5.75 Å². The molecular weight excluding hydrogens is 376 g/mol. The minimum absolute atomic E-state index is 0.507. The summed E-state index contributed by atoms with van der Waals surface area (Å²) in [6, 6.07) is 17.1. The van der Waals surface area contributed by atoms with Gasteiger partial charge in [-0.15, -0.1) is 0 Å². The molecule has 2 heterocycles. The number of nitrogens with one attached hydrogen (secondary N) is 1. The molecule has 29 heavy (non-hydrogen) atoms. The van der Waals surface area contributed by atoms with Gasteiger partial charge in [0.2, 0.25) is 0 Å². The van der Waals surface area contributed by atoms with Crippen LogP contribution in [0.3, 0.4) is 0 Å². The first kappa shape index (κ1) is 18.8. The normalized spacial score (nSPS) is 20.3. The van der Waals surface area contributed by atoms with E-state index in [0.717, 1.165) is 35.0 Å². The van der Waals surface area contributed by atoms with Crippen LogP contribution in [0.1, 0.15) is 36.1 Å². The van der Waals surface area contributed by atoms with Crippen molar-refractivity contribution in [2.24, 2.45) is 11.8 Å². The number of hydrogen-bond donors (Lipinski definition) is 1. The number of piperidine rings is 1. The van der Waals surface area contributed by atoms with Crippen LogP contribution in [0.4, 0.5) is 0 Å². The SMILES string of the molecule is COc1cccc2c3c([nH]c12)C(=S)C(CC1CCN(Cc2ccccc2)CC1)C3. The number of para-hydroxylation sites is 1. The molecule has 2 aliphatic rings. The molecule has 2 aromatic carbocycles. The number of fused-ring (bicyclic) bond motifs is 3. The van der Waals surface area contributed by atoms with Crippen molar-refractivity contribution in [3.8, 4) is 5.75 Å². The molecule has 1 saturated heterocycles. The molecule has 1 aliphatic heterocycles. The fraction of sp³-hybridized carbons (Fsp3) is 0.400. The molecule has 1 aromatic heterocycles. The van der Waals surface area contributed by atoms with Crippen LogP contribution in [0.25, 0.3) is 10.9 Å². The van der Waals surface area contributed by atoms with Gasteiger partial charge in [-0.05, 0) is 61.9 Å². The highest BCUT2D eigenvalue weighted by molar-refractivity contribution is 7.80. The number of hydrogen-bond acceptors (Lipinski definition) is 3. The maximum atomic E-state index is 5.91. The number of nitrogens with zero attached hydrogens (tertiary/aromatic N) is 1. The van der Waals surface area contributed by atoms with Crippen LogP contribution >= 0.6 is 12.2 Å². The topological polar surface area (TPSA) is 28.3 Å². The Morgan fingerprint density at radius 2 is 1.86 bits per heavy atom. The maximum Gasteiger partial charge on any atom is 0.142 e. The van der Waals surface area contributed by atoms with Gasteiger partial charge in [0.1, 0.15) is 5.75 Å². The summed E-state index contributed by atoms with van der Waals surface area (Å²) in [7, 11) is 1.73. The number of methoxy groups -OCH3 is 1. The highest BCUT2D eigenvalue weighted by Gasteiger charge is 2.33. The summed E-state index contributed by atoms with van der Waals surface area (Å²) in [4.78, 5) is 7.30. The molecule has 0 amide bonds. The third-order valence-electron chi connectivity index (χ3n) is 6.76. The Kier molecular flexibility index (Phi) is 5.15. The Balaban J connectivity index is 1.21. The van der Waals surface area contributed by atoms with Crippen molar-refractivity contribution in [2.75, 3.05) is 20.2 Å². The van der Waals surface area contributed by atoms with E-state index in [9.17, 15) is 0 Å². The highest BCUT2D eigenvalue weighted by Crippen LogP contribution is 2.40. The van der Waals surface area contributed by atoms with Crippen molar-refractivity contribution in [1.82, 2.24) is 9.88 Å². The van der Waals surface area contributed by atoms with Crippen molar-refractivity contribution in [1.29, 1.82) is 0 Å². The molecule has 0 spiro atoms. The van der Waals surface area contributed by atoms with Gasteiger partial charge in [0, 0.05) is 22.7 Å². The lowest BCUT2D eigenvalue weighted by atomic mass is 9.85. The Morgan fingerprint density at radius 3 is 2.62 bits per heavy atom. The lowest BCUT2D eigenvalue weighted by molar-refractivity contribution is 0.167. The van der Waals surface area contributed by atoms with Crippen LogP contribution in [0.2, 0.25) is 0 Å². The van der Waals surface area contributed by atoms with Gasteiger partial charge >= 0.3 is 0 Å². The number of likely N-dealkylation sites (tertiary alicyclic amines) is 1. The predicted octanol–water partition coefficient (Wildman–Crippen LogP) is 5.37. The van der Waals surface area contributed by atoms with Gasteiger partial charge < -0.3 is 9.72 Å². The van der Waals surface area contributed by atoms with E-state index in [1.54, 1.807) is 7.11 Å². The zero-order valence-electron chi connectivity index (χ0n) is 17.0. The summed E-state index contributed by atoms with van der Waals surface area (Å²) >= 11 is 5.91. The van der Waals surface area contributed by atoms with Crippen molar-refractivity contribution in [3.63, 3.8) is 0 Å². The van der Waals surface area contributed by atoms with E-state index < -0.39 is 0 Å². The van der Waals surface area contributed by atoms with Gasteiger partial charge in [-0.3, -0.25) is 4.90 Å². The second-order valence-electron chi connectivity index (χ2n) is 8.57. The van der Waals surface area contributed by atoms with Crippen molar-refractivity contribution < 1.29 is 4.74 Å². The quantitative estimate of drug-likeness (QED) is 0.580. The Morgan fingerprint density at radius 1 is 1.07 bits per heavy atom. The standard InChI is InChI=1S/C25H28N2OS/c1-28-22-9-5-8-20-21-15-19(25(29)24(21)26-23(20)22)14-17-10-12-27(13-11-17)16-18-6-3-2-4-7-18/h2-9,17,19,26H,10-16H2,1H3. The van der Waals surface area contributed by atoms with E-state index in [-0.39, 0.29) is 0 Å². The molecule has 1 atom stereocenters. The summed E-state index contributed by atoms with van der Waals surface area (Å²) in [6.45, 7) is 3.47. The third-order valence-corrected chi connectivity index (χ3v) is 7.30. The first-order valence-electron chi connectivity index (χ1n) is 10.7. The van der Waals surface area contributed by atoms with Crippen LogP contribution < -0.4 is 4.74 Å². The van der Waals surface area contributed by atoms with E-state index in [2.05, 4.69) is 52.3 Å². The number of rotatable bonds is 5. The van der Waals surface area contributed by atoms with Crippen molar-refractivity contribution >= 4 is 28.0 Å². The number of H-pyrrole nitrogens is 1. The van der Waals surface area contributed by atoms with Gasteiger partial charge in [0.25, 0.3) is 0 Å². The molecule has 1 unspecified atom stereocenters. The molecule has 0 saturated carbocycles. The van der Waals surface area contributed by atoms with E-state index in [1.807, 2.05) is 6.07 Å². The molecule has 1 N–H and O–H groups in total. The summed E-state index contributed by atoms with van der Waals surface area (Å²) in [5, 5.41) is 1.28. The van der Waals surface area contributed by atoms with E-state index in [1.165, 1.54) is 54.6 Å². The second kappa shape index (κ2) is 7.92. The van der Waals surface area contributed by atoms with Crippen LogP contribution in [0.15, 0.2) is 48.5 Å². The molecule has 3 nitrogen and oxygen atoms in total. The summed E-state index contributed by atoms with van der Waals surface area (Å²) < 4.78 is 5.52.